The van der Waals surface area contributed by atoms with Gasteiger partial charge in [-0.2, -0.15) is 8.78 Å². The van der Waals surface area contributed by atoms with Crippen LogP contribution in [0.15, 0.2) is 24.3 Å². The van der Waals surface area contributed by atoms with Crippen LogP contribution in [-0.2, 0) is 14.3 Å². The topological polar surface area (TPSA) is 64.4 Å². The van der Waals surface area contributed by atoms with E-state index in [9.17, 15) is 18.4 Å². The molecule has 0 N–H and O–H groups in total. The number of carbonyl (C=O) groups excluding carboxylic acids is 2. The summed E-state index contributed by atoms with van der Waals surface area (Å²) in [5.41, 5.74) is 0.679. The van der Waals surface area contributed by atoms with Gasteiger partial charge in [0.2, 0.25) is 5.91 Å². The maximum atomic E-state index is 13.4. The van der Waals surface area contributed by atoms with Crippen LogP contribution in [0.4, 0.5) is 8.78 Å². The lowest BCUT2D eigenvalue weighted by Gasteiger charge is -2.18. The summed E-state index contributed by atoms with van der Waals surface area (Å²) in [6.07, 6.45) is -0.954. The Kier molecular flexibility index (Phi) is 4.70. The van der Waals surface area contributed by atoms with Gasteiger partial charge in [0.15, 0.2) is 11.9 Å². The van der Waals surface area contributed by atoms with Crippen LogP contribution in [0, 0.1) is 0 Å². The van der Waals surface area contributed by atoms with Crippen LogP contribution in [0.25, 0.3) is 11.0 Å². The molecule has 1 saturated heterocycles. The maximum Gasteiger partial charge on any atom is 0.326 e. The van der Waals surface area contributed by atoms with Crippen molar-refractivity contribution in [2.45, 2.75) is 19.6 Å². The molecule has 0 radical (unpaired) electrons. The van der Waals surface area contributed by atoms with E-state index in [0.717, 1.165) is 4.57 Å². The fourth-order valence-corrected chi connectivity index (χ4v) is 3.44. The van der Waals surface area contributed by atoms with Crippen molar-refractivity contribution in [2.75, 3.05) is 18.2 Å². The van der Waals surface area contributed by atoms with Crippen LogP contribution in [-0.4, -0.2) is 44.5 Å². The molecule has 1 fully saturated rings. The normalized spacial score (nSPS) is 16.2. The van der Waals surface area contributed by atoms with E-state index in [1.165, 1.54) is 29.7 Å². The van der Waals surface area contributed by atoms with Crippen molar-refractivity contribution < 1.29 is 23.1 Å². The molecule has 2 aromatic rings. The molecule has 3 rings (SSSR count). The number of para-hydroxylation sites is 2. The number of esters is 1. The summed E-state index contributed by atoms with van der Waals surface area (Å²) in [6.45, 7) is -1.51. The molecule has 2 heterocycles. The number of amides is 1. The molecular weight excluding hydrogens is 340 g/mol. The zero-order valence-corrected chi connectivity index (χ0v) is 13.6. The van der Waals surface area contributed by atoms with Crippen molar-refractivity contribution in [3.8, 4) is 0 Å². The highest BCUT2D eigenvalue weighted by molar-refractivity contribution is 8.00. The quantitative estimate of drug-likeness (QED) is 0.772. The number of nitrogens with zero attached hydrogens (tertiary/aromatic N) is 3. The fraction of sp³-hybridized carbons (Fsp3) is 0.400. The van der Waals surface area contributed by atoms with Crippen LogP contribution >= 0.6 is 11.8 Å². The number of thioether (sulfide) groups is 1. The Morgan fingerprint density at radius 2 is 2.17 bits per heavy atom. The largest absolute Gasteiger partial charge is 0.453 e. The first-order valence-electron chi connectivity index (χ1n) is 7.27. The highest BCUT2D eigenvalue weighted by atomic mass is 32.2. The summed E-state index contributed by atoms with van der Waals surface area (Å²) in [5.74, 6) is -0.0423. The number of imidazole rings is 1. The second-order valence-corrected chi connectivity index (χ2v) is 6.26. The molecule has 0 spiro atoms. The van der Waals surface area contributed by atoms with Gasteiger partial charge >= 0.3 is 12.5 Å². The van der Waals surface area contributed by atoms with Crippen molar-refractivity contribution >= 4 is 34.7 Å². The Bertz CT molecular complexity index is 780. The van der Waals surface area contributed by atoms with E-state index in [1.807, 2.05) is 0 Å². The summed E-state index contributed by atoms with van der Waals surface area (Å²) in [4.78, 5) is 29.0. The average molecular weight is 355 g/mol. The average Bonchev–Trinajstić information content (AvgIpc) is 3.11. The monoisotopic (exact) mass is 355 g/mol. The van der Waals surface area contributed by atoms with Gasteiger partial charge in [-0.15, -0.1) is 11.8 Å². The van der Waals surface area contributed by atoms with Crippen molar-refractivity contribution in [3.63, 3.8) is 0 Å². The van der Waals surface area contributed by atoms with Crippen molar-refractivity contribution in [1.29, 1.82) is 0 Å². The van der Waals surface area contributed by atoms with Gasteiger partial charge in [0, 0.05) is 0 Å². The maximum absolute atomic E-state index is 13.4. The first kappa shape index (κ1) is 16.7. The molecule has 128 valence electrons. The van der Waals surface area contributed by atoms with E-state index in [-0.39, 0.29) is 23.8 Å². The van der Waals surface area contributed by atoms with Crippen LogP contribution in [0.3, 0.4) is 0 Å². The van der Waals surface area contributed by atoms with Gasteiger partial charge in [-0.1, -0.05) is 12.1 Å². The first-order valence-corrected chi connectivity index (χ1v) is 8.43. The predicted octanol–water partition coefficient (Wildman–Crippen LogP) is 2.57. The molecule has 1 aliphatic rings. The predicted molar refractivity (Wildman–Crippen MR) is 84.5 cm³/mol. The Morgan fingerprint density at radius 3 is 2.83 bits per heavy atom. The highest BCUT2D eigenvalue weighted by Crippen LogP contribution is 2.28. The highest BCUT2D eigenvalue weighted by Gasteiger charge is 2.27. The number of hydrogen-bond acceptors (Lipinski definition) is 5. The van der Waals surface area contributed by atoms with Gasteiger partial charge in [-0.3, -0.25) is 14.2 Å². The van der Waals surface area contributed by atoms with E-state index in [4.69, 9.17) is 4.74 Å². The Balaban J connectivity index is 1.78. The van der Waals surface area contributed by atoms with Crippen LogP contribution < -0.4 is 0 Å². The molecule has 0 saturated carbocycles. The van der Waals surface area contributed by atoms with Gasteiger partial charge in [0.25, 0.3) is 0 Å². The molecule has 0 aliphatic carbocycles. The minimum Gasteiger partial charge on any atom is -0.453 e. The van der Waals surface area contributed by atoms with E-state index in [2.05, 4.69) is 4.98 Å². The summed E-state index contributed by atoms with van der Waals surface area (Å²) in [7, 11) is 0. The number of halogens is 2. The lowest BCUT2D eigenvalue weighted by molar-refractivity contribution is -0.152. The van der Waals surface area contributed by atoms with E-state index < -0.39 is 18.6 Å². The third-order valence-electron chi connectivity index (χ3n) is 3.64. The minimum atomic E-state index is -2.80. The molecule has 1 atom stereocenters. The summed E-state index contributed by atoms with van der Waals surface area (Å²) < 4.78 is 32.8. The van der Waals surface area contributed by atoms with Gasteiger partial charge < -0.3 is 9.64 Å². The molecule has 24 heavy (non-hydrogen) atoms. The van der Waals surface area contributed by atoms with Crippen LogP contribution in [0.2, 0.25) is 0 Å². The summed E-state index contributed by atoms with van der Waals surface area (Å²) in [6, 6.07) is 6.49. The van der Waals surface area contributed by atoms with Crippen LogP contribution in [0.1, 0.15) is 25.4 Å². The van der Waals surface area contributed by atoms with E-state index in [1.54, 1.807) is 18.2 Å². The number of carbonyl (C=O) groups is 2. The molecule has 1 aliphatic heterocycles. The summed E-state index contributed by atoms with van der Waals surface area (Å²) in [5, 5.41) is 0. The second kappa shape index (κ2) is 6.76. The first-order chi connectivity index (χ1) is 11.5. The number of hydrogen-bond donors (Lipinski definition) is 0. The number of aromatic nitrogens is 2. The minimum absolute atomic E-state index is 0.0262. The SMILES string of the molecule is C[C@@H](OC(=O)CN1CSCC1=O)c1nc2ccccc2n1C(F)F. The Morgan fingerprint density at radius 1 is 1.42 bits per heavy atom. The molecule has 0 bridgehead atoms. The number of rotatable bonds is 5. The van der Waals surface area contributed by atoms with Gasteiger partial charge in [-0.05, 0) is 19.1 Å². The third kappa shape index (κ3) is 3.21. The number of fused-ring (bicyclic) bond motifs is 1. The molecule has 1 aromatic heterocycles. The second-order valence-electron chi connectivity index (χ2n) is 5.31. The van der Waals surface area contributed by atoms with E-state index in [0.29, 0.717) is 17.1 Å². The van der Waals surface area contributed by atoms with Crippen LogP contribution in [0.5, 0.6) is 0 Å². The third-order valence-corrected chi connectivity index (χ3v) is 4.58. The number of benzene rings is 1. The van der Waals surface area contributed by atoms with Gasteiger partial charge in [0.1, 0.15) is 6.54 Å². The Labute approximate surface area is 140 Å². The lowest BCUT2D eigenvalue weighted by atomic mass is 10.3. The lowest BCUT2D eigenvalue weighted by Crippen LogP contribution is -2.33. The standard InChI is InChI=1S/C15H15F2N3O3S/c1-9(23-13(22)6-19-8-24-7-12(19)21)14-18-10-4-2-3-5-11(10)20(14)15(16)17/h2-5,9,15H,6-8H2,1H3/t9-/m1/s1. The Hall–Kier alpha value is -2.16. The fourth-order valence-electron chi connectivity index (χ4n) is 2.54. The zero-order chi connectivity index (χ0) is 17.3. The molecule has 6 nitrogen and oxygen atoms in total. The number of alkyl halides is 2. The van der Waals surface area contributed by atoms with Crippen molar-refractivity contribution in [3.05, 3.63) is 30.1 Å². The summed E-state index contributed by atoms with van der Waals surface area (Å²) >= 11 is 1.41. The smallest absolute Gasteiger partial charge is 0.326 e. The van der Waals surface area contributed by atoms with Gasteiger partial charge in [0.05, 0.1) is 22.7 Å². The van der Waals surface area contributed by atoms with Crippen molar-refractivity contribution in [1.82, 2.24) is 14.5 Å². The molecule has 1 aromatic carbocycles. The zero-order valence-electron chi connectivity index (χ0n) is 12.8. The van der Waals surface area contributed by atoms with Crippen molar-refractivity contribution in [2.24, 2.45) is 0 Å². The molecular formula is C15H15F2N3O3S. The van der Waals surface area contributed by atoms with E-state index >= 15 is 0 Å². The molecule has 1 amide bonds. The molecule has 0 unspecified atom stereocenters. The molecule has 9 heteroatoms. The van der Waals surface area contributed by atoms with Gasteiger partial charge in [-0.25, -0.2) is 4.98 Å². The number of ether oxygens (including phenoxy) is 1.